The first-order chi connectivity index (χ1) is 14.2. The zero-order valence-corrected chi connectivity index (χ0v) is 20.0. The second-order valence-corrected chi connectivity index (χ2v) is 12.3. The van der Waals surface area contributed by atoms with Crippen molar-refractivity contribution >= 4 is 11.8 Å². The van der Waals surface area contributed by atoms with E-state index in [1.54, 1.807) is 0 Å². The molecule has 3 aliphatic carbocycles. The van der Waals surface area contributed by atoms with E-state index in [1.807, 2.05) is 0 Å². The summed E-state index contributed by atoms with van der Waals surface area (Å²) in [6, 6.07) is 0. The molecule has 0 aromatic rings. The number of rotatable bonds is 5. The Morgan fingerprint density at radius 2 is 1.70 bits per heavy atom. The second kappa shape index (κ2) is 8.24. The van der Waals surface area contributed by atoms with Crippen LogP contribution in [0.4, 0.5) is 0 Å². The van der Waals surface area contributed by atoms with Crippen molar-refractivity contribution in [1.29, 1.82) is 0 Å². The maximum Gasteiger partial charge on any atom is 0.309 e. The molecule has 30 heavy (non-hydrogen) atoms. The van der Waals surface area contributed by atoms with Crippen LogP contribution >= 0.6 is 0 Å². The summed E-state index contributed by atoms with van der Waals surface area (Å²) in [6.45, 7) is 12.7. The third kappa shape index (κ3) is 3.66. The molecule has 0 aromatic carbocycles. The fraction of sp³-hybridized carbons (Fsp3) is 0.926. The topological polar surface area (TPSA) is 43.4 Å². The Balaban J connectivity index is 1.53. The van der Waals surface area contributed by atoms with E-state index in [-0.39, 0.29) is 23.1 Å². The van der Waals surface area contributed by atoms with Gasteiger partial charge in [-0.05, 0) is 78.4 Å². The average molecular weight is 417 g/mol. The van der Waals surface area contributed by atoms with Crippen molar-refractivity contribution in [3.63, 3.8) is 0 Å². The lowest BCUT2D eigenvalue weighted by atomic mass is 9.49. The van der Waals surface area contributed by atoms with Gasteiger partial charge in [-0.1, -0.05) is 53.9 Å². The maximum atomic E-state index is 12.9. The van der Waals surface area contributed by atoms with Crippen molar-refractivity contribution in [2.75, 3.05) is 6.61 Å². The summed E-state index contributed by atoms with van der Waals surface area (Å²) in [4.78, 5) is 25.0. The van der Waals surface area contributed by atoms with Gasteiger partial charge in [0.15, 0.2) is 0 Å². The first-order valence-corrected chi connectivity index (χ1v) is 12.8. The Hall–Kier alpha value is -0.860. The highest BCUT2D eigenvalue weighted by Gasteiger charge is 2.61. The predicted octanol–water partition coefficient (Wildman–Crippen LogP) is 6.44. The van der Waals surface area contributed by atoms with Gasteiger partial charge in [0, 0.05) is 12.8 Å². The highest BCUT2D eigenvalue weighted by Crippen LogP contribution is 2.66. The molecule has 3 saturated carbocycles. The molecule has 1 saturated heterocycles. The van der Waals surface area contributed by atoms with E-state index < -0.39 is 0 Å². The summed E-state index contributed by atoms with van der Waals surface area (Å²) in [5, 5.41) is 0. The monoisotopic (exact) mass is 416 g/mol. The highest BCUT2D eigenvalue weighted by molar-refractivity contribution is 5.86. The quantitative estimate of drug-likeness (QED) is 0.484. The zero-order valence-electron chi connectivity index (χ0n) is 20.0. The SMILES string of the molecule is CC(C)CCC[C@@H](C)[C@H]1CC[C@H]2[C@@H]3COC(=O)[C@H]4CC(=O)CC[C@]4(C)[C@H]3CC[C@]12C. The molecule has 4 fully saturated rings. The van der Waals surface area contributed by atoms with E-state index in [2.05, 4.69) is 34.6 Å². The second-order valence-electron chi connectivity index (χ2n) is 12.3. The van der Waals surface area contributed by atoms with Crippen molar-refractivity contribution in [2.24, 2.45) is 52.3 Å². The summed E-state index contributed by atoms with van der Waals surface area (Å²) in [7, 11) is 0. The number of Topliss-reactive ketones (excluding diaryl/α,β-unsaturated/α-hetero) is 1. The van der Waals surface area contributed by atoms with Crippen molar-refractivity contribution in [3.05, 3.63) is 0 Å². The van der Waals surface area contributed by atoms with Gasteiger partial charge >= 0.3 is 5.97 Å². The molecule has 1 aliphatic heterocycles. The molecule has 1 heterocycles. The van der Waals surface area contributed by atoms with Crippen LogP contribution in [0, 0.1) is 52.3 Å². The van der Waals surface area contributed by atoms with Gasteiger partial charge in [0.2, 0.25) is 0 Å². The number of hydrogen-bond donors (Lipinski definition) is 0. The van der Waals surface area contributed by atoms with E-state index in [9.17, 15) is 9.59 Å². The van der Waals surface area contributed by atoms with Crippen molar-refractivity contribution in [3.8, 4) is 0 Å². The molecule has 3 nitrogen and oxygen atoms in total. The Bertz CT molecular complexity index is 669. The van der Waals surface area contributed by atoms with Gasteiger partial charge in [-0.15, -0.1) is 0 Å². The third-order valence-corrected chi connectivity index (χ3v) is 10.4. The average Bonchev–Trinajstić information content (AvgIpc) is 2.99. The van der Waals surface area contributed by atoms with Gasteiger partial charge in [0.1, 0.15) is 5.78 Å². The normalized spacial score (nSPS) is 44.7. The molecule has 170 valence electrons. The van der Waals surface area contributed by atoms with Crippen LogP contribution < -0.4 is 0 Å². The molecule has 4 rings (SSSR count). The number of esters is 1. The number of carbonyl (C=O) groups excluding carboxylic acids is 2. The fourth-order valence-electron chi connectivity index (χ4n) is 8.58. The van der Waals surface area contributed by atoms with Gasteiger partial charge in [-0.3, -0.25) is 9.59 Å². The van der Waals surface area contributed by atoms with Gasteiger partial charge in [0.05, 0.1) is 12.5 Å². The molecule has 4 aliphatic rings. The molecular formula is C27H44O3. The number of ether oxygens (including phenoxy) is 1. The standard InChI is InChI=1S/C27H44O3/c1-17(2)7-6-8-18(3)21-9-10-22-20-16-30-25(29)24-15-19(28)11-13-27(24,5)23(20)12-14-26(21,22)4/h17-18,20-24H,6-16H2,1-5H3/t18-,20+,21-,22+,23+,24-,26-,27-/m1/s1. The van der Waals surface area contributed by atoms with Crippen molar-refractivity contribution < 1.29 is 14.3 Å². The molecule has 0 radical (unpaired) electrons. The van der Waals surface area contributed by atoms with Gasteiger partial charge in [-0.2, -0.15) is 0 Å². The highest BCUT2D eigenvalue weighted by atomic mass is 16.5. The van der Waals surface area contributed by atoms with Crippen LogP contribution in [-0.4, -0.2) is 18.4 Å². The first kappa shape index (κ1) is 22.3. The molecule has 0 aromatic heterocycles. The van der Waals surface area contributed by atoms with Gasteiger partial charge in [0.25, 0.3) is 0 Å². The lowest BCUT2D eigenvalue weighted by Crippen LogP contribution is -2.51. The van der Waals surface area contributed by atoms with E-state index in [0.29, 0.717) is 42.6 Å². The Labute approximate surface area is 184 Å². The molecule has 0 unspecified atom stereocenters. The number of carbonyl (C=O) groups is 2. The van der Waals surface area contributed by atoms with Crippen molar-refractivity contribution in [1.82, 2.24) is 0 Å². The Morgan fingerprint density at radius 1 is 0.967 bits per heavy atom. The number of cyclic esters (lactones) is 1. The van der Waals surface area contributed by atoms with Gasteiger partial charge in [-0.25, -0.2) is 0 Å². The predicted molar refractivity (Wildman–Crippen MR) is 120 cm³/mol. The molecule has 8 atom stereocenters. The van der Waals surface area contributed by atoms with Crippen LogP contribution in [0.15, 0.2) is 0 Å². The lowest BCUT2D eigenvalue weighted by Gasteiger charge is -2.54. The minimum atomic E-state index is -0.203. The molecule has 0 N–H and O–H groups in total. The number of fused-ring (bicyclic) bond motifs is 5. The number of ketones is 1. The molecule has 3 heteroatoms. The van der Waals surface area contributed by atoms with Crippen LogP contribution in [0.3, 0.4) is 0 Å². The van der Waals surface area contributed by atoms with Crippen LogP contribution in [-0.2, 0) is 14.3 Å². The maximum absolute atomic E-state index is 12.9. The summed E-state index contributed by atoms with van der Waals surface area (Å²) in [5.41, 5.74) is 0.347. The molecule has 0 spiro atoms. The number of hydrogen-bond acceptors (Lipinski definition) is 3. The Morgan fingerprint density at radius 3 is 2.43 bits per heavy atom. The lowest BCUT2D eigenvalue weighted by molar-refractivity contribution is -0.155. The van der Waals surface area contributed by atoms with Gasteiger partial charge < -0.3 is 4.74 Å². The summed E-state index contributed by atoms with van der Waals surface area (Å²) in [6.07, 6.45) is 11.2. The van der Waals surface area contributed by atoms with E-state index in [0.717, 1.165) is 24.2 Å². The van der Waals surface area contributed by atoms with Crippen LogP contribution in [0.1, 0.15) is 98.8 Å². The minimum Gasteiger partial charge on any atom is -0.465 e. The van der Waals surface area contributed by atoms with Crippen LogP contribution in [0.5, 0.6) is 0 Å². The Kier molecular flexibility index (Phi) is 6.14. The van der Waals surface area contributed by atoms with Crippen molar-refractivity contribution in [2.45, 2.75) is 98.8 Å². The van der Waals surface area contributed by atoms with E-state index >= 15 is 0 Å². The summed E-state index contributed by atoms with van der Waals surface area (Å²) in [5.74, 6) is 4.07. The molecular weight excluding hydrogens is 372 g/mol. The van der Waals surface area contributed by atoms with E-state index in [4.69, 9.17) is 4.74 Å². The third-order valence-electron chi connectivity index (χ3n) is 10.4. The smallest absolute Gasteiger partial charge is 0.309 e. The van der Waals surface area contributed by atoms with E-state index in [1.165, 1.54) is 44.9 Å². The van der Waals surface area contributed by atoms with Crippen LogP contribution in [0.25, 0.3) is 0 Å². The molecule has 0 bridgehead atoms. The fourth-order valence-corrected chi connectivity index (χ4v) is 8.58. The summed E-state index contributed by atoms with van der Waals surface area (Å²) < 4.78 is 5.90. The van der Waals surface area contributed by atoms with Crippen LogP contribution in [0.2, 0.25) is 0 Å². The summed E-state index contributed by atoms with van der Waals surface area (Å²) >= 11 is 0. The first-order valence-electron chi connectivity index (χ1n) is 12.8. The zero-order chi connectivity index (χ0) is 21.7. The molecule has 0 amide bonds. The largest absolute Gasteiger partial charge is 0.465 e. The minimum absolute atomic E-state index is 0.0472.